The fraction of sp³-hybridized carbons (Fsp3) is 0.500. The summed E-state index contributed by atoms with van der Waals surface area (Å²) in [7, 11) is -3.90. The quantitative estimate of drug-likeness (QED) is 0.865. The third-order valence-corrected chi connectivity index (χ3v) is 5.58. The van der Waals surface area contributed by atoms with Crippen LogP contribution in [0.2, 0.25) is 0 Å². The van der Waals surface area contributed by atoms with Crippen molar-refractivity contribution in [2.45, 2.75) is 25.0 Å². The maximum atomic E-state index is 12.2. The van der Waals surface area contributed by atoms with Crippen LogP contribution in [0.25, 0.3) is 0 Å². The van der Waals surface area contributed by atoms with Crippen LogP contribution in [0.5, 0.6) is 0 Å². The van der Waals surface area contributed by atoms with E-state index in [9.17, 15) is 13.2 Å². The molecule has 3 aliphatic rings. The Morgan fingerprint density at radius 3 is 2.57 bits per heavy atom. The van der Waals surface area contributed by atoms with Gasteiger partial charge in [0.25, 0.3) is 0 Å². The molecule has 2 heterocycles. The molecular weight excluding hydrogens is 292 g/mol. The van der Waals surface area contributed by atoms with Crippen LogP contribution in [-0.4, -0.2) is 26.5 Å². The zero-order chi connectivity index (χ0) is 14.6. The van der Waals surface area contributed by atoms with Crippen LogP contribution in [-0.2, 0) is 19.7 Å². The van der Waals surface area contributed by atoms with Crippen molar-refractivity contribution in [2.75, 3.05) is 4.72 Å². The smallest absolute Gasteiger partial charge is 0.323 e. The summed E-state index contributed by atoms with van der Waals surface area (Å²) in [6.07, 6.45) is 1.82. The lowest BCUT2D eigenvalue weighted by Crippen LogP contribution is -2.42. The van der Waals surface area contributed by atoms with E-state index in [0.717, 1.165) is 6.42 Å². The molecule has 1 aliphatic carbocycles. The summed E-state index contributed by atoms with van der Waals surface area (Å²) >= 11 is 0. The lowest BCUT2D eigenvalue weighted by Gasteiger charge is -2.18. The van der Waals surface area contributed by atoms with E-state index >= 15 is 0 Å². The van der Waals surface area contributed by atoms with Crippen molar-refractivity contribution in [1.29, 1.82) is 0 Å². The van der Waals surface area contributed by atoms with E-state index in [1.54, 1.807) is 30.3 Å². The van der Waals surface area contributed by atoms with Gasteiger partial charge in [-0.1, -0.05) is 18.2 Å². The molecule has 0 aromatic heterocycles. The fourth-order valence-electron chi connectivity index (χ4n) is 3.60. The Balaban J connectivity index is 1.42. The molecule has 7 heteroatoms. The molecule has 1 aromatic rings. The topological polar surface area (TPSA) is 84.5 Å². The van der Waals surface area contributed by atoms with Gasteiger partial charge in [-0.25, -0.2) is 4.72 Å². The summed E-state index contributed by atoms with van der Waals surface area (Å²) in [6, 6.07) is 8.47. The number of hydrogen-bond acceptors (Lipinski definition) is 4. The van der Waals surface area contributed by atoms with Crippen molar-refractivity contribution in [1.82, 2.24) is 4.72 Å². The highest BCUT2D eigenvalue weighted by molar-refractivity contribution is 7.91. The number of rotatable bonds is 4. The van der Waals surface area contributed by atoms with Crippen LogP contribution in [0.15, 0.2) is 30.3 Å². The Kier molecular flexibility index (Phi) is 2.77. The van der Waals surface area contributed by atoms with Gasteiger partial charge in [0.1, 0.15) is 0 Å². The van der Waals surface area contributed by atoms with Gasteiger partial charge >= 0.3 is 10.2 Å². The summed E-state index contributed by atoms with van der Waals surface area (Å²) in [5, 5.41) is 0. The molecule has 4 rings (SSSR count). The molecule has 5 atom stereocenters. The summed E-state index contributed by atoms with van der Waals surface area (Å²) in [6.45, 7) is 0. The first kappa shape index (κ1) is 13.1. The highest BCUT2D eigenvalue weighted by atomic mass is 32.2. The normalized spacial score (nSPS) is 36.1. The number of carbonyl (C=O) groups is 1. The van der Waals surface area contributed by atoms with Crippen LogP contribution in [0.1, 0.15) is 12.8 Å². The molecular formula is C14H16N2O4S. The lowest BCUT2D eigenvalue weighted by atomic mass is 9.89. The number of anilines is 1. The maximum absolute atomic E-state index is 12.2. The molecule has 0 radical (unpaired) electrons. The second kappa shape index (κ2) is 4.45. The molecule has 2 N–H and O–H groups in total. The average Bonchev–Trinajstić information content (AvgIpc) is 3.03. The van der Waals surface area contributed by atoms with Gasteiger partial charge in [-0.05, 0) is 36.8 Å². The SMILES string of the molecule is O=C(NS(=O)(=O)Nc1ccccc1)[C@@H]1C[C@@H]2O[C@H]1[C@H]1C[C@H]12. The summed E-state index contributed by atoms with van der Waals surface area (Å²) in [5.41, 5.74) is 0.421. The highest BCUT2D eigenvalue weighted by Crippen LogP contribution is 2.60. The first-order chi connectivity index (χ1) is 10.0. The number of hydrogen-bond donors (Lipinski definition) is 2. The minimum absolute atomic E-state index is 0.0908. The van der Waals surface area contributed by atoms with E-state index in [4.69, 9.17) is 4.74 Å². The molecule has 3 fully saturated rings. The average molecular weight is 308 g/mol. The number of benzene rings is 1. The van der Waals surface area contributed by atoms with Crippen molar-refractivity contribution in [3.63, 3.8) is 0 Å². The second-order valence-electron chi connectivity index (χ2n) is 5.98. The zero-order valence-electron chi connectivity index (χ0n) is 11.2. The van der Waals surface area contributed by atoms with Crippen LogP contribution in [0.4, 0.5) is 5.69 Å². The largest absolute Gasteiger partial charge is 0.374 e. The van der Waals surface area contributed by atoms with E-state index in [-0.39, 0.29) is 18.1 Å². The Bertz CT molecular complexity index is 675. The number of ether oxygens (including phenoxy) is 1. The monoisotopic (exact) mass is 308 g/mol. The minimum atomic E-state index is -3.90. The van der Waals surface area contributed by atoms with Gasteiger partial charge in [0, 0.05) is 0 Å². The number of para-hydroxylation sites is 1. The number of carbonyl (C=O) groups excluding carboxylic acids is 1. The molecule has 6 nitrogen and oxygen atoms in total. The summed E-state index contributed by atoms with van der Waals surface area (Å²) in [5.74, 6) is 0.268. The van der Waals surface area contributed by atoms with Gasteiger partial charge in [-0.2, -0.15) is 8.42 Å². The maximum Gasteiger partial charge on any atom is 0.323 e. The van der Waals surface area contributed by atoms with E-state index in [1.165, 1.54) is 0 Å². The van der Waals surface area contributed by atoms with Crippen molar-refractivity contribution < 1.29 is 17.9 Å². The van der Waals surface area contributed by atoms with E-state index < -0.39 is 16.1 Å². The lowest BCUT2D eigenvalue weighted by molar-refractivity contribution is -0.124. The first-order valence-electron chi connectivity index (χ1n) is 7.08. The Hall–Kier alpha value is -1.60. The van der Waals surface area contributed by atoms with Crippen molar-refractivity contribution in [2.24, 2.45) is 17.8 Å². The van der Waals surface area contributed by atoms with Crippen LogP contribution < -0.4 is 9.44 Å². The van der Waals surface area contributed by atoms with Gasteiger partial charge in [0.2, 0.25) is 5.91 Å². The van der Waals surface area contributed by atoms with Gasteiger partial charge in [0.15, 0.2) is 0 Å². The van der Waals surface area contributed by atoms with E-state index in [0.29, 0.717) is 23.9 Å². The van der Waals surface area contributed by atoms with Crippen molar-refractivity contribution in [3.8, 4) is 0 Å². The number of nitrogens with one attached hydrogen (secondary N) is 2. The standard InChI is InChI=1S/C14H16N2O4S/c17-14(11-7-12-9-6-10(9)13(11)20-12)16-21(18,19)15-8-4-2-1-3-5-8/h1-5,9-13,15H,6-7H2,(H,16,17)/t9-,10+,11-,12+,13+/m1/s1. The number of amides is 1. The zero-order valence-corrected chi connectivity index (χ0v) is 12.0. The van der Waals surface area contributed by atoms with Gasteiger partial charge < -0.3 is 4.74 Å². The number of fused-ring (bicyclic) bond motifs is 5. The van der Waals surface area contributed by atoms with E-state index in [2.05, 4.69) is 9.44 Å². The Morgan fingerprint density at radius 2 is 1.90 bits per heavy atom. The molecule has 0 unspecified atom stereocenters. The van der Waals surface area contributed by atoms with Crippen LogP contribution >= 0.6 is 0 Å². The molecule has 2 bridgehead atoms. The van der Waals surface area contributed by atoms with Crippen LogP contribution in [0, 0.1) is 17.8 Å². The highest BCUT2D eigenvalue weighted by Gasteiger charge is 2.64. The molecule has 21 heavy (non-hydrogen) atoms. The molecule has 0 spiro atoms. The van der Waals surface area contributed by atoms with Gasteiger partial charge in [-0.3, -0.25) is 9.52 Å². The van der Waals surface area contributed by atoms with Crippen LogP contribution in [0.3, 0.4) is 0 Å². The second-order valence-corrected chi connectivity index (χ2v) is 7.40. The molecule has 2 saturated heterocycles. The third kappa shape index (κ3) is 2.30. The molecule has 1 amide bonds. The predicted molar refractivity (Wildman–Crippen MR) is 75.5 cm³/mol. The molecule has 1 aromatic carbocycles. The molecule has 2 aliphatic heterocycles. The summed E-state index contributed by atoms with van der Waals surface area (Å²) < 4.78 is 34.1. The molecule has 1 saturated carbocycles. The third-order valence-electron chi connectivity index (χ3n) is 4.60. The van der Waals surface area contributed by atoms with Crippen molar-refractivity contribution in [3.05, 3.63) is 30.3 Å². The predicted octanol–water partition coefficient (Wildman–Crippen LogP) is 0.883. The van der Waals surface area contributed by atoms with Crippen molar-refractivity contribution >= 4 is 21.8 Å². The van der Waals surface area contributed by atoms with E-state index in [1.807, 2.05) is 0 Å². The molecule has 112 valence electrons. The fourth-order valence-corrected chi connectivity index (χ4v) is 4.52. The van der Waals surface area contributed by atoms with Gasteiger partial charge in [-0.15, -0.1) is 0 Å². The van der Waals surface area contributed by atoms with Gasteiger partial charge in [0.05, 0.1) is 23.8 Å². The Labute approximate surface area is 123 Å². The summed E-state index contributed by atoms with van der Waals surface area (Å²) in [4.78, 5) is 12.2. The first-order valence-corrected chi connectivity index (χ1v) is 8.57. The minimum Gasteiger partial charge on any atom is -0.374 e. The Morgan fingerprint density at radius 1 is 1.14 bits per heavy atom.